The minimum atomic E-state index is -0.870. The standard InChI is InChI=1S/C20H30N4O5/c1-14(25)24(21)18(26)17-11-10-16(12-23(17)19(27)29-20(2,3)4)22-28-13-15-8-6-5-7-9-15/h5-9,16-17,22H,10-13,21H2,1-4H3/t16-,17+/m1/s1. The normalized spacial score (nSPS) is 19.6. The van der Waals surface area contributed by atoms with Gasteiger partial charge in [0.25, 0.3) is 5.91 Å². The highest BCUT2D eigenvalue weighted by molar-refractivity contribution is 5.97. The Kier molecular flexibility index (Phi) is 7.72. The SMILES string of the molecule is CC(=O)N(N)C(=O)[C@@H]1CC[C@@H](NOCc2ccccc2)CN1C(=O)OC(C)(C)C. The van der Waals surface area contributed by atoms with Crippen molar-refractivity contribution in [2.24, 2.45) is 5.84 Å². The number of carbonyl (C=O) groups is 3. The third kappa shape index (κ3) is 6.81. The van der Waals surface area contributed by atoms with Crippen molar-refractivity contribution in [3.05, 3.63) is 35.9 Å². The average molecular weight is 406 g/mol. The van der Waals surface area contributed by atoms with Crippen molar-refractivity contribution in [1.29, 1.82) is 0 Å². The van der Waals surface area contributed by atoms with Gasteiger partial charge in [0, 0.05) is 13.5 Å². The van der Waals surface area contributed by atoms with E-state index in [1.807, 2.05) is 30.3 Å². The van der Waals surface area contributed by atoms with Crippen LogP contribution in [0.1, 0.15) is 46.1 Å². The topological polar surface area (TPSA) is 114 Å². The van der Waals surface area contributed by atoms with E-state index in [4.69, 9.17) is 15.4 Å². The third-order valence-corrected chi connectivity index (χ3v) is 4.40. The molecule has 1 aromatic rings. The Bertz CT molecular complexity index is 719. The fourth-order valence-corrected chi connectivity index (χ4v) is 2.98. The van der Waals surface area contributed by atoms with E-state index in [1.54, 1.807) is 20.8 Å². The molecule has 0 aromatic heterocycles. The van der Waals surface area contributed by atoms with Gasteiger partial charge in [0.1, 0.15) is 11.6 Å². The van der Waals surface area contributed by atoms with E-state index in [2.05, 4.69) is 5.48 Å². The Morgan fingerprint density at radius 2 is 1.86 bits per heavy atom. The van der Waals surface area contributed by atoms with Gasteiger partial charge < -0.3 is 4.74 Å². The number of amides is 3. The Balaban J connectivity index is 2.04. The minimum absolute atomic E-state index is 0.186. The predicted molar refractivity (Wildman–Crippen MR) is 106 cm³/mol. The summed E-state index contributed by atoms with van der Waals surface area (Å²) >= 11 is 0. The maximum Gasteiger partial charge on any atom is 0.411 e. The predicted octanol–water partition coefficient (Wildman–Crippen LogP) is 1.72. The van der Waals surface area contributed by atoms with Gasteiger partial charge in [0.15, 0.2) is 0 Å². The molecular weight excluding hydrogens is 376 g/mol. The van der Waals surface area contributed by atoms with Crippen LogP contribution in [0.3, 0.4) is 0 Å². The van der Waals surface area contributed by atoms with Crippen molar-refractivity contribution in [1.82, 2.24) is 15.4 Å². The largest absolute Gasteiger partial charge is 0.444 e. The maximum absolute atomic E-state index is 12.7. The molecule has 0 bridgehead atoms. The number of hydroxylamine groups is 1. The zero-order chi connectivity index (χ0) is 21.6. The molecule has 9 nitrogen and oxygen atoms in total. The number of hydrogen-bond acceptors (Lipinski definition) is 7. The Morgan fingerprint density at radius 3 is 2.45 bits per heavy atom. The van der Waals surface area contributed by atoms with Gasteiger partial charge in [0.2, 0.25) is 5.91 Å². The molecule has 3 N–H and O–H groups in total. The summed E-state index contributed by atoms with van der Waals surface area (Å²) in [6.07, 6.45) is 0.254. The van der Waals surface area contributed by atoms with E-state index < -0.39 is 29.6 Å². The van der Waals surface area contributed by atoms with Gasteiger partial charge in [-0.15, -0.1) is 0 Å². The number of nitrogens with one attached hydrogen (secondary N) is 1. The quantitative estimate of drug-likeness (QED) is 0.435. The lowest BCUT2D eigenvalue weighted by molar-refractivity contribution is -0.149. The van der Waals surface area contributed by atoms with Crippen LogP contribution in [0.15, 0.2) is 30.3 Å². The van der Waals surface area contributed by atoms with Crippen LogP contribution in [0.4, 0.5) is 4.79 Å². The lowest BCUT2D eigenvalue weighted by Crippen LogP contribution is -2.60. The Hall–Kier alpha value is -2.49. The summed E-state index contributed by atoms with van der Waals surface area (Å²) in [5.74, 6) is 4.35. The number of rotatable bonds is 5. The van der Waals surface area contributed by atoms with Gasteiger partial charge in [-0.25, -0.2) is 15.6 Å². The van der Waals surface area contributed by atoms with Crippen LogP contribution in [0.2, 0.25) is 0 Å². The molecule has 1 aromatic carbocycles. The number of nitrogens with zero attached hydrogens (tertiary/aromatic N) is 2. The molecule has 3 amide bonds. The second-order valence-electron chi connectivity index (χ2n) is 8.04. The molecule has 0 saturated carbocycles. The zero-order valence-electron chi connectivity index (χ0n) is 17.4. The number of piperidine rings is 1. The first kappa shape index (κ1) is 22.8. The molecule has 1 saturated heterocycles. The van der Waals surface area contributed by atoms with E-state index in [9.17, 15) is 14.4 Å². The van der Waals surface area contributed by atoms with E-state index in [0.717, 1.165) is 5.56 Å². The number of hydrogen-bond donors (Lipinski definition) is 2. The van der Waals surface area contributed by atoms with E-state index >= 15 is 0 Å². The zero-order valence-corrected chi connectivity index (χ0v) is 17.4. The van der Waals surface area contributed by atoms with E-state index in [0.29, 0.717) is 24.5 Å². The van der Waals surface area contributed by atoms with Gasteiger partial charge in [-0.05, 0) is 39.2 Å². The summed E-state index contributed by atoms with van der Waals surface area (Å²) in [5, 5.41) is 0.543. The average Bonchev–Trinajstić information content (AvgIpc) is 2.66. The van der Waals surface area contributed by atoms with Crippen molar-refractivity contribution in [2.45, 2.75) is 64.8 Å². The highest BCUT2D eigenvalue weighted by Gasteiger charge is 2.40. The molecule has 1 aliphatic heterocycles. The molecule has 29 heavy (non-hydrogen) atoms. The van der Waals surface area contributed by atoms with Crippen molar-refractivity contribution in [3.8, 4) is 0 Å². The molecule has 2 rings (SSSR count). The summed E-state index contributed by atoms with van der Waals surface area (Å²) in [7, 11) is 0. The monoisotopic (exact) mass is 406 g/mol. The molecule has 0 aliphatic carbocycles. The van der Waals surface area contributed by atoms with Crippen LogP contribution in [-0.4, -0.2) is 52.0 Å². The van der Waals surface area contributed by atoms with Gasteiger partial charge in [-0.2, -0.15) is 5.48 Å². The van der Waals surface area contributed by atoms with Crippen LogP contribution in [0.5, 0.6) is 0 Å². The summed E-state index contributed by atoms with van der Waals surface area (Å²) in [6, 6.07) is 8.60. The number of carbonyl (C=O) groups excluding carboxylic acids is 3. The van der Waals surface area contributed by atoms with Crippen LogP contribution in [0, 0.1) is 0 Å². The smallest absolute Gasteiger partial charge is 0.411 e. The van der Waals surface area contributed by atoms with E-state index in [1.165, 1.54) is 11.8 Å². The molecule has 1 fully saturated rings. The second kappa shape index (κ2) is 9.82. The summed E-state index contributed by atoms with van der Waals surface area (Å²) in [5.41, 5.74) is 3.24. The highest BCUT2D eigenvalue weighted by Crippen LogP contribution is 2.22. The minimum Gasteiger partial charge on any atom is -0.444 e. The Morgan fingerprint density at radius 1 is 1.21 bits per heavy atom. The molecule has 1 aliphatic rings. The molecule has 160 valence electrons. The fraction of sp³-hybridized carbons (Fsp3) is 0.550. The van der Waals surface area contributed by atoms with Crippen molar-refractivity contribution in [3.63, 3.8) is 0 Å². The number of hydrazine groups is 1. The number of ether oxygens (including phenoxy) is 1. The number of likely N-dealkylation sites (tertiary alicyclic amines) is 1. The van der Waals surface area contributed by atoms with Crippen LogP contribution >= 0.6 is 0 Å². The van der Waals surface area contributed by atoms with Crippen molar-refractivity contribution >= 4 is 17.9 Å². The summed E-state index contributed by atoms with van der Waals surface area (Å²) in [4.78, 5) is 43.7. The molecule has 0 spiro atoms. The molecule has 0 unspecified atom stereocenters. The Labute approximate surface area is 171 Å². The fourth-order valence-electron chi connectivity index (χ4n) is 2.98. The first-order valence-electron chi connectivity index (χ1n) is 9.58. The van der Waals surface area contributed by atoms with Crippen molar-refractivity contribution in [2.75, 3.05) is 6.54 Å². The third-order valence-electron chi connectivity index (χ3n) is 4.40. The summed E-state index contributed by atoms with van der Waals surface area (Å²) < 4.78 is 5.44. The highest BCUT2D eigenvalue weighted by atomic mass is 16.6. The first-order chi connectivity index (χ1) is 13.6. The maximum atomic E-state index is 12.7. The first-order valence-corrected chi connectivity index (χ1v) is 9.58. The van der Waals surface area contributed by atoms with Gasteiger partial charge in [-0.3, -0.25) is 19.3 Å². The lowest BCUT2D eigenvalue weighted by atomic mass is 9.98. The van der Waals surface area contributed by atoms with Gasteiger partial charge >= 0.3 is 6.09 Å². The number of nitrogens with two attached hydrogens (primary N) is 1. The van der Waals surface area contributed by atoms with Crippen molar-refractivity contribution < 1.29 is 24.0 Å². The van der Waals surface area contributed by atoms with Crippen LogP contribution in [0.25, 0.3) is 0 Å². The van der Waals surface area contributed by atoms with Crippen LogP contribution < -0.4 is 11.3 Å². The number of imide groups is 1. The molecule has 9 heteroatoms. The number of benzene rings is 1. The molecule has 2 atom stereocenters. The van der Waals surface area contributed by atoms with Gasteiger partial charge in [-0.1, -0.05) is 30.3 Å². The molecule has 1 heterocycles. The molecule has 0 radical (unpaired) electrons. The van der Waals surface area contributed by atoms with Gasteiger partial charge in [0.05, 0.1) is 12.6 Å². The van der Waals surface area contributed by atoms with Crippen LogP contribution in [-0.2, 0) is 25.8 Å². The lowest BCUT2D eigenvalue weighted by Gasteiger charge is -2.40. The second-order valence-corrected chi connectivity index (χ2v) is 8.04. The van der Waals surface area contributed by atoms with E-state index in [-0.39, 0.29) is 12.6 Å². The molecular formula is C20H30N4O5. The summed E-state index contributed by atoms with van der Waals surface area (Å²) in [6.45, 7) is 6.98.